The summed E-state index contributed by atoms with van der Waals surface area (Å²) in [7, 11) is 0. The van der Waals surface area contributed by atoms with E-state index < -0.39 is 0 Å². The predicted octanol–water partition coefficient (Wildman–Crippen LogP) is 1.55. The van der Waals surface area contributed by atoms with Crippen molar-refractivity contribution < 1.29 is 4.74 Å². The van der Waals surface area contributed by atoms with Crippen LogP contribution in [0.4, 0.5) is 0 Å². The summed E-state index contributed by atoms with van der Waals surface area (Å²) in [6.45, 7) is 1.82. The Morgan fingerprint density at radius 1 is 1.67 bits per heavy atom. The van der Waals surface area contributed by atoms with Gasteiger partial charge in [0.1, 0.15) is 0 Å². The summed E-state index contributed by atoms with van der Waals surface area (Å²) >= 11 is 1.74. The van der Waals surface area contributed by atoms with Crippen molar-refractivity contribution in [2.24, 2.45) is 11.8 Å². The summed E-state index contributed by atoms with van der Waals surface area (Å²) in [4.78, 5) is 0. The van der Waals surface area contributed by atoms with Crippen molar-refractivity contribution in [2.75, 3.05) is 13.2 Å². The smallest absolute Gasteiger partial charge is 0.0495 e. The molecule has 0 spiro atoms. The van der Waals surface area contributed by atoms with E-state index in [0.717, 1.165) is 26.1 Å². The molecule has 0 bridgehead atoms. The molecule has 2 rings (SSSR count). The second-order valence-electron chi connectivity index (χ2n) is 4.16. The maximum atomic E-state index is 5.58. The quantitative estimate of drug-likeness (QED) is 0.591. The Morgan fingerprint density at radius 2 is 2.60 bits per heavy atom. The van der Waals surface area contributed by atoms with E-state index >= 15 is 0 Å². The van der Waals surface area contributed by atoms with Gasteiger partial charge >= 0.3 is 0 Å². The number of ether oxygens (including phenoxy) is 1. The summed E-state index contributed by atoms with van der Waals surface area (Å²) in [5.41, 5.74) is 4.29. The molecule has 1 aromatic heterocycles. The van der Waals surface area contributed by atoms with E-state index in [0.29, 0.717) is 12.0 Å². The molecule has 2 unspecified atom stereocenters. The van der Waals surface area contributed by atoms with Gasteiger partial charge in [0, 0.05) is 19.3 Å². The van der Waals surface area contributed by atoms with Crippen LogP contribution in [0.25, 0.3) is 0 Å². The Kier molecular flexibility index (Phi) is 4.14. The van der Waals surface area contributed by atoms with Crippen molar-refractivity contribution in [3.05, 3.63) is 22.4 Å². The van der Waals surface area contributed by atoms with E-state index in [4.69, 9.17) is 10.6 Å². The molecule has 2 atom stereocenters. The largest absolute Gasteiger partial charge is 0.381 e. The fourth-order valence-corrected chi connectivity index (χ4v) is 2.76. The van der Waals surface area contributed by atoms with E-state index in [1.165, 1.54) is 12.0 Å². The molecule has 3 nitrogen and oxygen atoms in total. The fourth-order valence-electron chi connectivity index (χ4n) is 2.08. The number of hydrogen-bond donors (Lipinski definition) is 2. The highest BCUT2D eigenvalue weighted by atomic mass is 32.1. The second kappa shape index (κ2) is 5.61. The number of nitrogens with two attached hydrogens (primary N) is 1. The van der Waals surface area contributed by atoms with Crippen LogP contribution in [0.1, 0.15) is 18.4 Å². The highest BCUT2D eigenvalue weighted by molar-refractivity contribution is 7.07. The second-order valence-corrected chi connectivity index (χ2v) is 4.94. The Hall–Kier alpha value is -0.420. The van der Waals surface area contributed by atoms with Crippen LogP contribution < -0.4 is 11.3 Å². The highest BCUT2D eigenvalue weighted by Gasteiger charge is 2.20. The molecular weight excluding hydrogens is 208 g/mol. The van der Waals surface area contributed by atoms with Gasteiger partial charge in [0.25, 0.3) is 0 Å². The summed E-state index contributed by atoms with van der Waals surface area (Å²) in [5.74, 6) is 6.26. The number of hydrazine groups is 1. The first-order valence-corrected chi connectivity index (χ1v) is 6.37. The molecule has 0 aromatic carbocycles. The van der Waals surface area contributed by atoms with Gasteiger partial charge in [-0.2, -0.15) is 11.3 Å². The minimum atomic E-state index is 0.381. The van der Waals surface area contributed by atoms with E-state index in [1.807, 2.05) is 0 Å². The highest BCUT2D eigenvalue weighted by Crippen LogP contribution is 2.20. The number of thiophene rings is 1. The average Bonchev–Trinajstić information content (AvgIpc) is 2.89. The van der Waals surface area contributed by atoms with Crippen LogP contribution in [-0.4, -0.2) is 19.3 Å². The summed E-state index contributed by atoms with van der Waals surface area (Å²) < 4.78 is 5.37. The molecule has 2 heterocycles. The van der Waals surface area contributed by atoms with E-state index in [2.05, 4.69) is 22.3 Å². The Bertz CT molecular complexity index is 270. The van der Waals surface area contributed by atoms with Gasteiger partial charge in [0.2, 0.25) is 0 Å². The SMILES string of the molecule is NNC(Cc1ccsc1)CC1CCOC1. The molecule has 0 amide bonds. The first kappa shape index (κ1) is 11.1. The number of rotatable bonds is 5. The van der Waals surface area contributed by atoms with E-state index in [9.17, 15) is 0 Å². The molecule has 0 radical (unpaired) electrons. The van der Waals surface area contributed by atoms with Gasteiger partial charge in [-0.1, -0.05) is 0 Å². The predicted molar refractivity (Wildman–Crippen MR) is 62.7 cm³/mol. The van der Waals surface area contributed by atoms with Crippen molar-refractivity contribution in [2.45, 2.75) is 25.3 Å². The average molecular weight is 226 g/mol. The van der Waals surface area contributed by atoms with Crippen molar-refractivity contribution >= 4 is 11.3 Å². The lowest BCUT2D eigenvalue weighted by Crippen LogP contribution is -2.38. The van der Waals surface area contributed by atoms with Gasteiger partial charge in [-0.25, -0.2) is 0 Å². The number of nitrogens with one attached hydrogen (secondary N) is 1. The number of hydrogen-bond acceptors (Lipinski definition) is 4. The molecule has 4 heteroatoms. The van der Waals surface area contributed by atoms with E-state index in [1.54, 1.807) is 11.3 Å². The summed E-state index contributed by atoms with van der Waals surface area (Å²) in [6.07, 6.45) is 3.32. The van der Waals surface area contributed by atoms with Crippen LogP contribution in [0.2, 0.25) is 0 Å². The molecule has 1 aliphatic rings. The van der Waals surface area contributed by atoms with Gasteiger partial charge in [-0.05, 0) is 47.6 Å². The topological polar surface area (TPSA) is 47.3 Å². The third-order valence-corrected chi connectivity index (χ3v) is 3.67. The monoisotopic (exact) mass is 226 g/mol. The molecule has 1 fully saturated rings. The van der Waals surface area contributed by atoms with Crippen LogP contribution in [0.15, 0.2) is 16.8 Å². The molecule has 1 saturated heterocycles. The van der Waals surface area contributed by atoms with Gasteiger partial charge in [-0.3, -0.25) is 11.3 Å². The van der Waals surface area contributed by atoms with Crippen LogP contribution in [0.3, 0.4) is 0 Å². The lowest BCUT2D eigenvalue weighted by molar-refractivity contribution is 0.181. The molecule has 3 N–H and O–H groups in total. The Labute approximate surface area is 94.6 Å². The van der Waals surface area contributed by atoms with Gasteiger partial charge in [0.15, 0.2) is 0 Å². The zero-order valence-corrected chi connectivity index (χ0v) is 9.63. The molecule has 1 aliphatic heterocycles. The van der Waals surface area contributed by atoms with Crippen molar-refractivity contribution in [1.82, 2.24) is 5.43 Å². The Morgan fingerprint density at radius 3 is 3.20 bits per heavy atom. The van der Waals surface area contributed by atoms with Crippen LogP contribution >= 0.6 is 11.3 Å². The fraction of sp³-hybridized carbons (Fsp3) is 0.636. The Balaban J connectivity index is 1.81. The molecule has 0 saturated carbocycles. The van der Waals surface area contributed by atoms with Gasteiger partial charge in [-0.15, -0.1) is 0 Å². The van der Waals surface area contributed by atoms with E-state index in [-0.39, 0.29) is 0 Å². The van der Waals surface area contributed by atoms with Crippen molar-refractivity contribution in [1.29, 1.82) is 0 Å². The van der Waals surface area contributed by atoms with Crippen LogP contribution in [-0.2, 0) is 11.2 Å². The molecule has 15 heavy (non-hydrogen) atoms. The minimum Gasteiger partial charge on any atom is -0.381 e. The lowest BCUT2D eigenvalue weighted by Gasteiger charge is -2.18. The van der Waals surface area contributed by atoms with Gasteiger partial charge in [0.05, 0.1) is 0 Å². The maximum Gasteiger partial charge on any atom is 0.0495 e. The third kappa shape index (κ3) is 3.28. The molecule has 84 valence electrons. The van der Waals surface area contributed by atoms with Crippen LogP contribution in [0.5, 0.6) is 0 Å². The zero-order valence-electron chi connectivity index (χ0n) is 8.82. The van der Waals surface area contributed by atoms with Crippen molar-refractivity contribution in [3.63, 3.8) is 0 Å². The first-order valence-electron chi connectivity index (χ1n) is 5.43. The van der Waals surface area contributed by atoms with Crippen molar-refractivity contribution in [3.8, 4) is 0 Å². The van der Waals surface area contributed by atoms with Crippen LogP contribution in [0, 0.1) is 5.92 Å². The first-order chi connectivity index (χ1) is 7.38. The normalized spacial score (nSPS) is 23.1. The zero-order chi connectivity index (χ0) is 10.5. The lowest BCUT2D eigenvalue weighted by atomic mass is 9.96. The summed E-state index contributed by atoms with van der Waals surface area (Å²) in [5, 5.41) is 4.30. The maximum absolute atomic E-state index is 5.58. The molecule has 0 aliphatic carbocycles. The molecular formula is C11H18N2OS. The van der Waals surface area contributed by atoms with Gasteiger partial charge < -0.3 is 4.74 Å². The standard InChI is InChI=1S/C11H18N2OS/c12-13-11(5-9-1-3-14-7-9)6-10-2-4-15-8-10/h2,4,8-9,11,13H,1,3,5-7,12H2. The third-order valence-electron chi connectivity index (χ3n) is 2.94. The summed E-state index contributed by atoms with van der Waals surface area (Å²) in [6, 6.07) is 2.55. The minimum absolute atomic E-state index is 0.381. The molecule has 1 aromatic rings.